The van der Waals surface area contributed by atoms with Crippen LogP contribution in [0.15, 0.2) is 42.0 Å². The maximum Gasteiger partial charge on any atom is 0.295 e. The standard InChI is InChI=1S/C28H35NO7/c1-17(2)16-36-21-10-9-20(14-18(21)3)26(30)24-25(19-8-11-22(34-5)23(15-19)35-6)29(12-7-13-33-4)28(32)27(24)31/h8-11,14-15,17,25,30H,7,12-13,16H2,1-6H3/b26-24-. The second kappa shape index (κ2) is 11.9. The summed E-state index contributed by atoms with van der Waals surface area (Å²) in [7, 11) is 4.63. The van der Waals surface area contributed by atoms with E-state index in [1.54, 1.807) is 43.5 Å². The lowest BCUT2D eigenvalue weighted by molar-refractivity contribution is -0.140. The maximum atomic E-state index is 13.2. The summed E-state index contributed by atoms with van der Waals surface area (Å²) >= 11 is 0. The lowest BCUT2D eigenvalue weighted by Gasteiger charge is -2.26. The molecule has 1 N–H and O–H groups in total. The fourth-order valence-corrected chi connectivity index (χ4v) is 4.23. The molecule has 2 aromatic carbocycles. The smallest absolute Gasteiger partial charge is 0.295 e. The largest absolute Gasteiger partial charge is 0.507 e. The van der Waals surface area contributed by atoms with Crippen molar-refractivity contribution in [3.8, 4) is 17.2 Å². The van der Waals surface area contributed by atoms with E-state index in [-0.39, 0.29) is 17.9 Å². The SMILES string of the molecule is COCCCN1C(=O)C(=O)/C(=C(\O)c2ccc(OCC(C)C)c(C)c2)C1c1ccc(OC)c(OC)c1. The number of rotatable bonds is 11. The molecule has 2 aromatic rings. The molecule has 0 bridgehead atoms. The molecule has 0 aliphatic carbocycles. The number of methoxy groups -OCH3 is 3. The van der Waals surface area contributed by atoms with Crippen molar-refractivity contribution in [1.82, 2.24) is 4.90 Å². The van der Waals surface area contributed by atoms with Crippen LogP contribution in [0.3, 0.4) is 0 Å². The number of ether oxygens (including phenoxy) is 4. The van der Waals surface area contributed by atoms with Gasteiger partial charge in [0.1, 0.15) is 11.5 Å². The van der Waals surface area contributed by atoms with Gasteiger partial charge in [0, 0.05) is 25.8 Å². The van der Waals surface area contributed by atoms with Gasteiger partial charge >= 0.3 is 0 Å². The molecule has 0 spiro atoms. The van der Waals surface area contributed by atoms with Gasteiger partial charge < -0.3 is 29.0 Å². The topological polar surface area (TPSA) is 94.5 Å². The molecular weight excluding hydrogens is 462 g/mol. The normalized spacial score (nSPS) is 17.1. The molecule has 1 unspecified atom stereocenters. The molecular formula is C28H35NO7. The maximum absolute atomic E-state index is 13.2. The minimum absolute atomic E-state index is 0.0277. The molecule has 0 aromatic heterocycles. The second-order valence-electron chi connectivity index (χ2n) is 9.14. The number of Topliss-reactive ketones (excluding diaryl/α,β-unsaturated/α-hetero) is 1. The number of aliphatic hydroxyl groups excluding tert-OH is 1. The summed E-state index contributed by atoms with van der Waals surface area (Å²) in [5, 5.41) is 11.3. The van der Waals surface area contributed by atoms with Gasteiger partial charge in [0.05, 0.1) is 32.4 Å². The fraction of sp³-hybridized carbons (Fsp3) is 0.429. The first-order chi connectivity index (χ1) is 17.2. The number of hydrogen-bond donors (Lipinski definition) is 1. The Hall–Kier alpha value is -3.52. The second-order valence-corrected chi connectivity index (χ2v) is 9.14. The predicted molar refractivity (Wildman–Crippen MR) is 137 cm³/mol. The lowest BCUT2D eigenvalue weighted by atomic mass is 9.94. The number of carbonyl (C=O) groups excluding carboxylic acids is 2. The van der Waals surface area contributed by atoms with E-state index in [0.29, 0.717) is 53.9 Å². The van der Waals surface area contributed by atoms with Crippen molar-refractivity contribution in [2.75, 3.05) is 41.1 Å². The van der Waals surface area contributed by atoms with E-state index in [4.69, 9.17) is 18.9 Å². The third-order valence-corrected chi connectivity index (χ3v) is 6.03. The van der Waals surface area contributed by atoms with Crippen LogP contribution in [0.1, 0.15) is 43.0 Å². The Morgan fingerprint density at radius 2 is 1.69 bits per heavy atom. The van der Waals surface area contributed by atoms with E-state index < -0.39 is 17.7 Å². The molecule has 36 heavy (non-hydrogen) atoms. The van der Waals surface area contributed by atoms with E-state index in [0.717, 1.165) is 5.56 Å². The zero-order chi connectivity index (χ0) is 26.4. The van der Waals surface area contributed by atoms with Crippen LogP contribution in [0, 0.1) is 12.8 Å². The molecule has 1 amide bonds. The molecule has 1 aliphatic heterocycles. The summed E-state index contributed by atoms with van der Waals surface area (Å²) in [4.78, 5) is 27.8. The molecule has 0 radical (unpaired) electrons. The molecule has 3 rings (SSSR count). The summed E-state index contributed by atoms with van der Waals surface area (Å²) in [6.45, 7) is 7.29. The average molecular weight is 498 g/mol. The number of ketones is 1. The van der Waals surface area contributed by atoms with Crippen molar-refractivity contribution in [2.45, 2.75) is 33.2 Å². The Morgan fingerprint density at radius 3 is 2.31 bits per heavy atom. The van der Waals surface area contributed by atoms with Gasteiger partial charge in [-0.3, -0.25) is 9.59 Å². The number of amides is 1. The van der Waals surface area contributed by atoms with E-state index >= 15 is 0 Å². The van der Waals surface area contributed by atoms with E-state index in [1.165, 1.54) is 19.1 Å². The van der Waals surface area contributed by atoms with E-state index in [2.05, 4.69) is 13.8 Å². The number of aliphatic hydroxyl groups is 1. The highest BCUT2D eigenvalue weighted by Crippen LogP contribution is 2.42. The van der Waals surface area contributed by atoms with E-state index in [1.807, 2.05) is 6.92 Å². The number of carbonyl (C=O) groups is 2. The van der Waals surface area contributed by atoms with Crippen LogP contribution in [0.5, 0.6) is 17.2 Å². The van der Waals surface area contributed by atoms with Gasteiger partial charge in [-0.15, -0.1) is 0 Å². The van der Waals surface area contributed by atoms with Crippen molar-refractivity contribution in [3.05, 3.63) is 58.7 Å². The Labute approximate surface area is 212 Å². The monoisotopic (exact) mass is 497 g/mol. The first kappa shape index (κ1) is 27.1. The molecule has 1 aliphatic rings. The lowest BCUT2D eigenvalue weighted by Crippen LogP contribution is -2.31. The van der Waals surface area contributed by atoms with Crippen molar-refractivity contribution in [1.29, 1.82) is 0 Å². The van der Waals surface area contributed by atoms with Crippen LogP contribution >= 0.6 is 0 Å². The summed E-state index contributed by atoms with van der Waals surface area (Å²) in [5.41, 5.74) is 1.90. The highest BCUT2D eigenvalue weighted by molar-refractivity contribution is 6.46. The van der Waals surface area contributed by atoms with Gasteiger partial charge in [-0.2, -0.15) is 0 Å². The van der Waals surface area contributed by atoms with Gasteiger partial charge in [-0.1, -0.05) is 19.9 Å². The third-order valence-electron chi connectivity index (χ3n) is 6.03. The van der Waals surface area contributed by atoms with Crippen molar-refractivity contribution < 1.29 is 33.6 Å². The number of likely N-dealkylation sites (tertiary alicyclic amines) is 1. The molecule has 194 valence electrons. The van der Waals surface area contributed by atoms with Crippen LogP contribution in [0.2, 0.25) is 0 Å². The van der Waals surface area contributed by atoms with Gasteiger partial charge in [-0.05, 0) is 60.7 Å². The van der Waals surface area contributed by atoms with Crippen LogP contribution in [0.4, 0.5) is 0 Å². The van der Waals surface area contributed by atoms with Crippen molar-refractivity contribution in [3.63, 3.8) is 0 Å². The number of nitrogens with zero attached hydrogens (tertiary/aromatic N) is 1. The van der Waals surface area contributed by atoms with Gasteiger partial charge in [0.2, 0.25) is 0 Å². The Morgan fingerprint density at radius 1 is 1.00 bits per heavy atom. The molecule has 8 heteroatoms. The van der Waals surface area contributed by atoms with Crippen molar-refractivity contribution >= 4 is 17.4 Å². The Kier molecular flexibility index (Phi) is 8.98. The summed E-state index contributed by atoms with van der Waals surface area (Å²) in [5.74, 6) is 0.416. The average Bonchev–Trinajstić information content (AvgIpc) is 3.12. The molecule has 1 heterocycles. The minimum atomic E-state index is -0.793. The third kappa shape index (κ3) is 5.65. The molecule has 1 fully saturated rings. The first-order valence-electron chi connectivity index (χ1n) is 12.0. The summed E-state index contributed by atoms with van der Waals surface area (Å²) in [6, 6.07) is 9.64. The molecule has 8 nitrogen and oxygen atoms in total. The van der Waals surface area contributed by atoms with Crippen LogP contribution in [-0.4, -0.2) is 62.8 Å². The van der Waals surface area contributed by atoms with Gasteiger partial charge in [0.15, 0.2) is 11.5 Å². The quantitative estimate of drug-likeness (QED) is 0.211. The Balaban J connectivity index is 2.11. The highest BCUT2D eigenvalue weighted by atomic mass is 16.5. The number of hydrogen-bond acceptors (Lipinski definition) is 7. The molecule has 0 saturated carbocycles. The summed E-state index contributed by atoms with van der Waals surface area (Å²) in [6.07, 6.45) is 0.536. The first-order valence-corrected chi connectivity index (χ1v) is 12.0. The molecule has 1 atom stereocenters. The number of benzene rings is 2. The van der Waals surface area contributed by atoms with Gasteiger partial charge in [-0.25, -0.2) is 0 Å². The zero-order valence-electron chi connectivity index (χ0n) is 21.8. The van der Waals surface area contributed by atoms with Crippen molar-refractivity contribution in [2.24, 2.45) is 5.92 Å². The van der Waals surface area contributed by atoms with Gasteiger partial charge in [0.25, 0.3) is 11.7 Å². The fourth-order valence-electron chi connectivity index (χ4n) is 4.23. The van der Waals surface area contributed by atoms with E-state index in [9.17, 15) is 14.7 Å². The number of aryl methyl sites for hydroxylation is 1. The predicted octanol–water partition coefficient (Wildman–Crippen LogP) is 4.51. The van der Waals surface area contributed by atoms with Crippen LogP contribution < -0.4 is 14.2 Å². The zero-order valence-corrected chi connectivity index (χ0v) is 21.8. The molecule has 1 saturated heterocycles. The Bertz CT molecular complexity index is 1140. The van der Waals surface area contributed by atoms with Crippen LogP contribution in [0.25, 0.3) is 5.76 Å². The minimum Gasteiger partial charge on any atom is -0.507 e. The summed E-state index contributed by atoms with van der Waals surface area (Å²) < 4.78 is 21.8. The van der Waals surface area contributed by atoms with Crippen LogP contribution in [-0.2, 0) is 14.3 Å². The highest BCUT2D eigenvalue weighted by Gasteiger charge is 2.46.